The van der Waals surface area contributed by atoms with Gasteiger partial charge in [0.2, 0.25) is 0 Å². The highest BCUT2D eigenvalue weighted by molar-refractivity contribution is 7.09. The van der Waals surface area contributed by atoms with Gasteiger partial charge in [-0.25, -0.2) is 14.6 Å². The van der Waals surface area contributed by atoms with E-state index in [-0.39, 0.29) is 24.1 Å². The molecule has 0 radical (unpaired) electrons. The van der Waals surface area contributed by atoms with E-state index in [9.17, 15) is 14.7 Å². The Bertz CT molecular complexity index is 621. The molecular weight excluding hydrogens is 344 g/mol. The Hall–Kier alpha value is -1.93. The molecule has 0 aromatic carbocycles. The molecule has 7 nitrogen and oxygen atoms in total. The summed E-state index contributed by atoms with van der Waals surface area (Å²) in [6, 6.07) is -0.375. The number of aliphatic hydroxyl groups excluding tert-OH is 1. The minimum absolute atomic E-state index is 0.0130. The van der Waals surface area contributed by atoms with Gasteiger partial charge in [-0.2, -0.15) is 0 Å². The SMILES string of the molecule is C=CN(C(=O)OC(C)(C)C)[C@@H](C[C@H](O)c1nc(C(=O)O)cs1)C(C)C. The number of thiazole rings is 1. The number of hydrogen-bond donors (Lipinski definition) is 2. The van der Waals surface area contributed by atoms with Crippen molar-refractivity contribution in [1.82, 2.24) is 9.88 Å². The van der Waals surface area contributed by atoms with E-state index in [4.69, 9.17) is 9.84 Å². The van der Waals surface area contributed by atoms with E-state index in [0.29, 0.717) is 5.01 Å². The van der Waals surface area contributed by atoms with Gasteiger partial charge in [0.05, 0.1) is 0 Å². The summed E-state index contributed by atoms with van der Waals surface area (Å²) >= 11 is 1.07. The van der Waals surface area contributed by atoms with E-state index in [1.165, 1.54) is 16.5 Å². The summed E-state index contributed by atoms with van der Waals surface area (Å²) in [5, 5.41) is 21.1. The number of aromatic nitrogens is 1. The van der Waals surface area contributed by atoms with Crippen molar-refractivity contribution in [3.05, 3.63) is 28.9 Å². The fraction of sp³-hybridized carbons (Fsp3) is 0.588. The number of aliphatic hydroxyl groups is 1. The lowest BCUT2D eigenvalue weighted by molar-refractivity contribution is 0.0164. The summed E-state index contributed by atoms with van der Waals surface area (Å²) in [5.41, 5.74) is -0.752. The van der Waals surface area contributed by atoms with Crippen molar-refractivity contribution < 1.29 is 24.5 Å². The zero-order valence-electron chi connectivity index (χ0n) is 15.2. The van der Waals surface area contributed by atoms with Gasteiger partial charge in [0.25, 0.3) is 0 Å². The lowest BCUT2D eigenvalue weighted by Gasteiger charge is -2.34. The van der Waals surface area contributed by atoms with Gasteiger partial charge >= 0.3 is 12.1 Å². The van der Waals surface area contributed by atoms with E-state index in [0.717, 1.165) is 11.3 Å². The zero-order chi connectivity index (χ0) is 19.4. The Morgan fingerprint density at radius 1 is 1.44 bits per heavy atom. The molecule has 1 rings (SSSR count). The van der Waals surface area contributed by atoms with Gasteiger partial charge < -0.3 is 14.9 Å². The predicted molar refractivity (Wildman–Crippen MR) is 95.5 cm³/mol. The quantitative estimate of drug-likeness (QED) is 0.759. The molecule has 0 bridgehead atoms. The number of amides is 1. The van der Waals surface area contributed by atoms with Crippen LogP contribution in [0.1, 0.15) is 62.6 Å². The second-order valence-electron chi connectivity index (χ2n) is 7.01. The Balaban J connectivity index is 2.95. The fourth-order valence-electron chi connectivity index (χ4n) is 2.24. The maximum absolute atomic E-state index is 12.4. The van der Waals surface area contributed by atoms with Crippen molar-refractivity contribution in [1.29, 1.82) is 0 Å². The van der Waals surface area contributed by atoms with Crippen LogP contribution < -0.4 is 0 Å². The van der Waals surface area contributed by atoms with Gasteiger partial charge in [0, 0.05) is 24.0 Å². The molecule has 0 aliphatic carbocycles. The maximum Gasteiger partial charge on any atom is 0.414 e. The van der Waals surface area contributed by atoms with Gasteiger partial charge in [-0.15, -0.1) is 11.3 Å². The summed E-state index contributed by atoms with van der Waals surface area (Å²) in [4.78, 5) is 28.6. The molecule has 2 atom stereocenters. The average Bonchev–Trinajstić information content (AvgIpc) is 2.94. The lowest BCUT2D eigenvalue weighted by Crippen LogP contribution is -2.43. The summed E-state index contributed by atoms with van der Waals surface area (Å²) < 4.78 is 5.39. The third-order valence-electron chi connectivity index (χ3n) is 3.42. The van der Waals surface area contributed by atoms with Gasteiger partial charge in [0.1, 0.15) is 16.7 Å². The molecule has 1 heterocycles. The van der Waals surface area contributed by atoms with Crippen LogP contribution in [0, 0.1) is 5.92 Å². The second-order valence-corrected chi connectivity index (χ2v) is 7.90. The highest BCUT2D eigenvalue weighted by Crippen LogP contribution is 2.28. The molecule has 8 heteroatoms. The number of nitrogens with zero attached hydrogens (tertiary/aromatic N) is 2. The first-order valence-electron chi connectivity index (χ1n) is 7.97. The molecular formula is C17H26N2O5S. The first kappa shape index (κ1) is 21.1. The Morgan fingerprint density at radius 3 is 2.44 bits per heavy atom. The van der Waals surface area contributed by atoms with Gasteiger partial charge in [-0.05, 0) is 26.7 Å². The third kappa shape index (κ3) is 6.13. The first-order chi connectivity index (χ1) is 11.5. The van der Waals surface area contributed by atoms with E-state index < -0.39 is 23.8 Å². The molecule has 1 aromatic rings. The standard InChI is InChI=1S/C17H26N2O5S/c1-7-19(16(23)24-17(4,5)6)12(10(2)3)8-13(20)14-18-11(9-25-14)15(21)22/h7,9-10,12-13,20H,1,8H2,2-6H3,(H,21,22)/t12-,13-/m0/s1. The highest BCUT2D eigenvalue weighted by Gasteiger charge is 2.31. The molecule has 1 amide bonds. The largest absolute Gasteiger partial charge is 0.476 e. The number of aromatic carboxylic acids is 1. The molecule has 140 valence electrons. The van der Waals surface area contributed by atoms with Crippen LogP contribution >= 0.6 is 11.3 Å². The average molecular weight is 370 g/mol. The van der Waals surface area contributed by atoms with Gasteiger partial charge in [-0.1, -0.05) is 20.4 Å². The molecule has 0 saturated heterocycles. The van der Waals surface area contributed by atoms with Crippen LogP contribution in [0.2, 0.25) is 0 Å². The topological polar surface area (TPSA) is 100.0 Å². The normalized spacial score (nSPS) is 14.0. The molecule has 0 fully saturated rings. The molecule has 0 unspecified atom stereocenters. The highest BCUT2D eigenvalue weighted by atomic mass is 32.1. The summed E-state index contributed by atoms with van der Waals surface area (Å²) in [7, 11) is 0. The van der Waals surface area contributed by atoms with E-state index >= 15 is 0 Å². The minimum Gasteiger partial charge on any atom is -0.476 e. The van der Waals surface area contributed by atoms with Gasteiger partial charge in [-0.3, -0.25) is 4.90 Å². The summed E-state index contributed by atoms with van der Waals surface area (Å²) in [6.45, 7) is 12.8. The molecule has 0 aliphatic rings. The molecule has 0 aliphatic heterocycles. The Kier molecular flexibility index (Phi) is 7.13. The van der Waals surface area contributed by atoms with Crippen molar-refractivity contribution in [3.8, 4) is 0 Å². The molecule has 25 heavy (non-hydrogen) atoms. The molecule has 0 spiro atoms. The maximum atomic E-state index is 12.4. The first-order valence-corrected chi connectivity index (χ1v) is 8.85. The fourth-order valence-corrected chi connectivity index (χ4v) is 3.03. The number of hydrogen-bond acceptors (Lipinski definition) is 6. The van der Waals surface area contributed by atoms with Crippen molar-refractivity contribution in [2.45, 2.75) is 58.8 Å². The molecule has 1 aromatic heterocycles. The number of carbonyl (C=O) groups excluding carboxylic acids is 1. The number of carbonyl (C=O) groups is 2. The van der Waals surface area contributed by atoms with Crippen molar-refractivity contribution in [2.24, 2.45) is 5.92 Å². The summed E-state index contributed by atoms with van der Waals surface area (Å²) in [6.07, 6.45) is 0.0417. The van der Waals surface area contributed by atoms with Crippen LogP contribution in [0.25, 0.3) is 0 Å². The number of rotatable bonds is 7. The van der Waals surface area contributed by atoms with Crippen LogP contribution in [0.5, 0.6) is 0 Å². The van der Waals surface area contributed by atoms with Crippen LogP contribution in [-0.2, 0) is 4.74 Å². The van der Waals surface area contributed by atoms with E-state index in [1.54, 1.807) is 20.8 Å². The van der Waals surface area contributed by atoms with Crippen LogP contribution in [-0.4, -0.2) is 43.8 Å². The lowest BCUT2D eigenvalue weighted by atomic mass is 9.96. The van der Waals surface area contributed by atoms with E-state index in [2.05, 4.69) is 11.6 Å². The number of ether oxygens (including phenoxy) is 1. The van der Waals surface area contributed by atoms with Crippen molar-refractivity contribution in [3.63, 3.8) is 0 Å². The van der Waals surface area contributed by atoms with Crippen molar-refractivity contribution >= 4 is 23.4 Å². The minimum atomic E-state index is -1.14. The van der Waals surface area contributed by atoms with Gasteiger partial charge in [0.15, 0.2) is 5.69 Å². The van der Waals surface area contributed by atoms with Crippen LogP contribution in [0.3, 0.4) is 0 Å². The smallest absolute Gasteiger partial charge is 0.414 e. The third-order valence-corrected chi connectivity index (χ3v) is 4.36. The zero-order valence-corrected chi connectivity index (χ0v) is 16.0. The molecule has 0 saturated carbocycles. The Morgan fingerprint density at radius 2 is 2.04 bits per heavy atom. The van der Waals surface area contributed by atoms with Crippen LogP contribution in [0.4, 0.5) is 4.79 Å². The summed E-state index contributed by atoms with van der Waals surface area (Å²) in [5.74, 6) is -1.13. The van der Waals surface area contributed by atoms with Crippen molar-refractivity contribution in [2.75, 3.05) is 0 Å². The van der Waals surface area contributed by atoms with Crippen LogP contribution in [0.15, 0.2) is 18.2 Å². The monoisotopic (exact) mass is 370 g/mol. The molecule has 2 N–H and O–H groups in total. The Labute approximate surface area is 151 Å². The predicted octanol–water partition coefficient (Wildman–Crippen LogP) is 3.67. The second kappa shape index (κ2) is 8.44. The number of carboxylic acids is 1. The number of carboxylic acid groups (broad SMARTS) is 1. The van der Waals surface area contributed by atoms with E-state index in [1.807, 2.05) is 13.8 Å².